The monoisotopic (exact) mass is 248 g/mol. The van der Waals surface area contributed by atoms with E-state index in [1.807, 2.05) is 0 Å². The standard InChI is InChI=1S/C11H12N4O3/c1-7-13-11(18-15-7)14-10(16)6-17-9-4-2-8(12)3-5-9/h2-5H,6,12H2,1H3,(H,13,14,15,16). The Morgan fingerprint density at radius 3 is 2.78 bits per heavy atom. The molecular formula is C11H12N4O3. The lowest BCUT2D eigenvalue weighted by Gasteiger charge is -2.05. The van der Waals surface area contributed by atoms with Gasteiger partial charge in [-0.05, 0) is 31.2 Å². The van der Waals surface area contributed by atoms with Gasteiger partial charge in [0, 0.05) is 5.69 Å². The van der Waals surface area contributed by atoms with Crippen LogP contribution in [0.25, 0.3) is 0 Å². The zero-order valence-electron chi connectivity index (χ0n) is 9.71. The molecule has 1 aromatic heterocycles. The van der Waals surface area contributed by atoms with Crippen molar-refractivity contribution >= 4 is 17.6 Å². The highest BCUT2D eigenvalue weighted by atomic mass is 16.5. The number of aryl methyl sites for hydroxylation is 1. The molecule has 1 aromatic carbocycles. The molecular weight excluding hydrogens is 236 g/mol. The summed E-state index contributed by atoms with van der Waals surface area (Å²) in [6.07, 6.45) is 0. The van der Waals surface area contributed by atoms with Crippen molar-refractivity contribution in [3.05, 3.63) is 30.1 Å². The number of amides is 1. The van der Waals surface area contributed by atoms with Crippen LogP contribution in [0.3, 0.4) is 0 Å². The molecule has 7 heteroatoms. The second kappa shape index (κ2) is 5.17. The quantitative estimate of drug-likeness (QED) is 0.781. The van der Waals surface area contributed by atoms with E-state index < -0.39 is 0 Å². The lowest BCUT2D eigenvalue weighted by molar-refractivity contribution is -0.118. The molecule has 7 nitrogen and oxygen atoms in total. The van der Waals surface area contributed by atoms with Crippen molar-refractivity contribution in [1.29, 1.82) is 0 Å². The molecule has 0 atom stereocenters. The number of benzene rings is 1. The van der Waals surface area contributed by atoms with E-state index in [0.717, 1.165) is 0 Å². The third kappa shape index (κ3) is 3.21. The third-order valence-electron chi connectivity index (χ3n) is 2.02. The summed E-state index contributed by atoms with van der Waals surface area (Å²) in [5, 5.41) is 5.96. The van der Waals surface area contributed by atoms with E-state index >= 15 is 0 Å². The lowest BCUT2D eigenvalue weighted by Crippen LogP contribution is -2.20. The zero-order valence-corrected chi connectivity index (χ0v) is 9.71. The van der Waals surface area contributed by atoms with Gasteiger partial charge in [-0.1, -0.05) is 5.16 Å². The van der Waals surface area contributed by atoms with Crippen LogP contribution < -0.4 is 15.8 Å². The molecule has 0 spiro atoms. The van der Waals surface area contributed by atoms with Gasteiger partial charge in [-0.25, -0.2) is 0 Å². The molecule has 1 amide bonds. The number of carbonyl (C=O) groups is 1. The topological polar surface area (TPSA) is 103 Å². The average Bonchev–Trinajstić information content (AvgIpc) is 2.74. The summed E-state index contributed by atoms with van der Waals surface area (Å²) in [7, 11) is 0. The maximum atomic E-state index is 11.5. The SMILES string of the molecule is Cc1noc(NC(=O)COc2ccc(N)cc2)n1. The first-order valence-corrected chi connectivity index (χ1v) is 5.22. The van der Waals surface area contributed by atoms with Crippen LogP contribution >= 0.6 is 0 Å². The Hall–Kier alpha value is -2.57. The van der Waals surface area contributed by atoms with E-state index in [1.54, 1.807) is 31.2 Å². The van der Waals surface area contributed by atoms with Crippen LogP contribution in [0.15, 0.2) is 28.8 Å². The van der Waals surface area contributed by atoms with Crippen LogP contribution in [0, 0.1) is 6.92 Å². The first-order valence-electron chi connectivity index (χ1n) is 5.22. The van der Waals surface area contributed by atoms with Crippen LogP contribution in [-0.2, 0) is 4.79 Å². The van der Waals surface area contributed by atoms with Crippen LogP contribution in [0.2, 0.25) is 0 Å². The van der Waals surface area contributed by atoms with Gasteiger partial charge < -0.3 is 15.0 Å². The molecule has 94 valence electrons. The number of aromatic nitrogens is 2. The summed E-state index contributed by atoms with van der Waals surface area (Å²) in [6.45, 7) is 1.51. The summed E-state index contributed by atoms with van der Waals surface area (Å²) in [5.74, 6) is 0.626. The minimum atomic E-state index is -0.379. The number of anilines is 2. The second-order valence-electron chi connectivity index (χ2n) is 3.55. The number of hydrogen-bond donors (Lipinski definition) is 2. The van der Waals surface area contributed by atoms with Crippen LogP contribution in [-0.4, -0.2) is 22.7 Å². The van der Waals surface area contributed by atoms with E-state index in [4.69, 9.17) is 15.0 Å². The lowest BCUT2D eigenvalue weighted by atomic mass is 10.3. The number of rotatable bonds is 4. The highest BCUT2D eigenvalue weighted by molar-refractivity contribution is 5.89. The molecule has 0 bridgehead atoms. The van der Waals surface area contributed by atoms with Crippen LogP contribution in [0.4, 0.5) is 11.7 Å². The van der Waals surface area contributed by atoms with E-state index in [0.29, 0.717) is 17.3 Å². The minimum absolute atomic E-state index is 0.0541. The Balaban J connectivity index is 1.83. The largest absolute Gasteiger partial charge is 0.484 e. The smallest absolute Gasteiger partial charge is 0.328 e. The van der Waals surface area contributed by atoms with E-state index in [2.05, 4.69) is 15.5 Å². The number of nitrogens with two attached hydrogens (primary N) is 1. The highest BCUT2D eigenvalue weighted by Gasteiger charge is 2.08. The van der Waals surface area contributed by atoms with Crippen LogP contribution in [0.5, 0.6) is 5.75 Å². The van der Waals surface area contributed by atoms with E-state index in [-0.39, 0.29) is 18.5 Å². The fourth-order valence-corrected chi connectivity index (χ4v) is 1.22. The minimum Gasteiger partial charge on any atom is -0.484 e. The number of nitrogens with one attached hydrogen (secondary N) is 1. The maximum absolute atomic E-state index is 11.5. The number of ether oxygens (including phenoxy) is 1. The molecule has 1 heterocycles. The average molecular weight is 248 g/mol. The van der Waals surface area contributed by atoms with Gasteiger partial charge >= 0.3 is 6.01 Å². The van der Waals surface area contributed by atoms with Crippen molar-refractivity contribution in [2.24, 2.45) is 0 Å². The van der Waals surface area contributed by atoms with Gasteiger partial charge in [0.05, 0.1) is 0 Å². The summed E-state index contributed by atoms with van der Waals surface area (Å²) in [6, 6.07) is 6.79. The molecule has 0 aliphatic heterocycles. The molecule has 0 saturated carbocycles. The van der Waals surface area contributed by atoms with Gasteiger partial charge in [0.15, 0.2) is 12.4 Å². The predicted molar refractivity (Wildman–Crippen MR) is 64.0 cm³/mol. The Morgan fingerprint density at radius 1 is 1.44 bits per heavy atom. The first kappa shape index (κ1) is 11.9. The molecule has 0 aliphatic carbocycles. The van der Waals surface area contributed by atoms with Crippen molar-refractivity contribution in [2.45, 2.75) is 6.92 Å². The fraction of sp³-hybridized carbons (Fsp3) is 0.182. The molecule has 0 radical (unpaired) electrons. The predicted octanol–water partition coefficient (Wildman–Crippen LogP) is 0.978. The first-order chi connectivity index (χ1) is 8.63. The third-order valence-corrected chi connectivity index (χ3v) is 2.02. The van der Waals surface area contributed by atoms with Crippen molar-refractivity contribution in [1.82, 2.24) is 10.1 Å². The Bertz CT molecular complexity index is 535. The van der Waals surface area contributed by atoms with Crippen molar-refractivity contribution < 1.29 is 14.1 Å². The Kier molecular flexibility index (Phi) is 3.42. The fourth-order valence-electron chi connectivity index (χ4n) is 1.22. The van der Waals surface area contributed by atoms with Crippen molar-refractivity contribution in [2.75, 3.05) is 17.7 Å². The number of nitrogen functional groups attached to an aromatic ring is 1. The summed E-state index contributed by atoms with van der Waals surface area (Å²) in [5.41, 5.74) is 6.16. The maximum Gasteiger partial charge on any atom is 0.328 e. The highest BCUT2D eigenvalue weighted by Crippen LogP contribution is 2.13. The molecule has 0 aliphatic rings. The number of carbonyl (C=O) groups excluding carboxylic acids is 1. The number of nitrogens with zero attached hydrogens (tertiary/aromatic N) is 2. The van der Waals surface area contributed by atoms with Gasteiger partial charge in [0.25, 0.3) is 5.91 Å². The summed E-state index contributed by atoms with van der Waals surface area (Å²) >= 11 is 0. The van der Waals surface area contributed by atoms with E-state index in [9.17, 15) is 4.79 Å². The molecule has 2 aromatic rings. The van der Waals surface area contributed by atoms with Gasteiger partial charge in [-0.2, -0.15) is 4.98 Å². The second-order valence-corrected chi connectivity index (χ2v) is 3.55. The van der Waals surface area contributed by atoms with Gasteiger partial charge in [-0.3, -0.25) is 10.1 Å². The molecule has 0 unspecified atom stereocenters. The van der Waals surface area contributed by atoms with Gasteiger partial charge in [0.1, 0.15) is 5.75 Å². The molecule has 3 N–H and O–H groups in total. The zero-order chi connectivity index (χ0) is 13.0. The summed E-state index contributed by atoms with van der Waals surface area (Å²) in [4.78, 5) is 15.3. The van der Waals surface area contributed by atoms with Gasteiger partial charge in [-0.15, -0.1) is 0 Å². The van der Waals surface area contributed by atoms with Crippen molar-refractivity contribution in [3.8, 4) is 5.75 Å². The van der Waals surface area contributed by atoms with E-state index in [1.165, 1.54) is 0 Å². The van der Waals surface area contributed by atoms with Gasteiger partial charge in [0.2, 0.25) is 0 Å². The van der Waals surface area contributed by atoms with Crippen molar-refractivity contribution in [3.63, 3.8) is 0 Å². The molecule has 0 saturated heterocycles. The Morgan fingerprint density at radius 2 is 2.17 bits per heavy atom. The molecule has 18 heavy (non-hydrogen) atoms. The summed E-state index contributed by atoms with van der Waals surface area (Å²) < 4.78 is 9.98. The number of hydrogen-bond acceptors (Lipinski definition) is 6. The molecule has 2 rings (SSSR count). The normalized spacial score (nSPS) is 10.1. The van der Waals surface area contributed by atoms with Crippen LogP contribution in [0.1, 0.15) is 5.82 Å². The Labute approximate surface area is 103 Å². The molecule has 0 fully saturated rings.